The van der Waals surface area contributed by atoms with E-state index in [9.17, 15) is 19.2 Å². The summed E-state index contributed by atoms with van der Waals surface area (Å²) in [5.41, 5.74) is 2.41. The number of carbonyl (C=O) groups excluding carboxylic acids is 4. The normalized spacial score (nSPS) is 15.1. The molecule has 8 heteroatoms. The largest absolute Gasteiger partial charge is 0.353 e. The second kappa shape index (κ2) is 10.5. The van der Waals surface area contributed by atoms with Gasteiger partial charge >= 0.3 is 0 Å². The summed E-state index contributed by atoms with van der Waals surface area (Å²) in [6.07, 6.45) is 1.67. The monoisotopic (exact) mass is 465 g/mol. The molecule has 0 aliphatic carbocycles. The number of amides is 4. The van der Waals surface area contributed by atoms with Crippen molar-refractivity contribution in [2.75, 3.05) is 19.6 Å². The van der Waals surface area contributed by atoms with Crippen LogP contribution in [-0.2, 0) is 15.0 Å². The zero-order valence-corrected chi connectivity index (χ0v) is 19.7. The lowest BCUT2D eigenvalue weighted by molar-refractivity contribution is -0.124. The fourth-order valence-electron chi connectivity index (χ4n) is 3.15. The van der Waals surface area contributed by atoms with Crippen molar-refractivity contribution >= 4 is 40.8 Å². The van der Waals surface area contributed by atoms with Gasteiger partial charge < -0.3 is 10.6 Å². The van der Waals surface area contributed by atoms with Crippen LogP contribution in [0.5, 0.6) is 0 Å². The first-order chi connectivity index (χ1) is 15.6. The number of rotatable bonds is 7. The summed E-state index contributed by atoms with van der Waals surface area (Å²) < 4.78 is 0. The van der Waals surface area contributed by atoms with Gasteiger partial charge in [-0.2, -0.15) is 0 Å². The van der Waals surface area contributed by atoms with Crippen molar-refractivity contribution in [1.82, 2.24) is 15.5 Å². The lowest BCUT2D eigenvalue weighted by atomic mass is 9.87. The van der Waals surface area contributed by atoms with Crippen LogP contribution in [0.3, 0.4) is 0 Å². The van der Waals surface area contributed by atoms with Crippen molar-refractivity contribution in [3.8, 4) is 0 Å². The van der Waals surface area contributed by atoms with Gasteiger partial charge in [0.1, 0.15) is 0 Å². The second-order valence-corrected chi connectivity index (χ2v) is 9.60. The molecule has 33 heavy (non-hydrogen) atoms. The van der Waals surface area contributed by atoms with Crippen molar-refractivity contribution in [2.45, 2.75) is 26.2 Å². The minimum absolute atomic E-state index is 0.0103. The Morgan fingerprint density at radius 1 is 0.970 bits per heavy atom. The summed E-state index contributed by atoms with van der Waals surface area (Å²) in [5.74, 6) is -1.13. The number of imide groups is 1. The van der Waals surface area contributed by atoms with Crippen LogP contribution >= 0.6 is 11.8 Å². The molecule has 2 aromatic carbocycles. The first-order valence-electron chi connectivity index (χ1n) is 10.6. The fourth-order valence-corrected chi connectivity index (χ4v) is 4.01. The highest BCUT2D eigenvalue weighted by Gasteiger charge is 2.34. The number of carbonyl (C=O) groups is 4. The highest BCUT2D eigenvalue weighted by atomic mass is 32.2. The Morgan fingerprint density at radius 3 is 2.27 bits per heavy atom. The minimum atomic E-state index is -0.401. The number of hydrogen-bond donors (Lipinski definition) is 2. The van der Waals surface area contributed by atoms with Gasteiger partial charge in [0.2, 0.25) is 5.91 Å². The van der Waals surface area contributed by atoms with Gasteiger partial charge in [0.05, 0.1) is 11.4 Å². The van der Waals surface area contributed by atoms with Crippen LogP contribution < -0.4 is 10.6 Å². The first kappa shape index (κ1) is 24.3. The molecule has 0 aromatic heterocycles. The third kappa shape index (κ3) is 6.55. The molecule has 7 nitrogen and oxygen atoms in total. The van der Waals surface area contributed by atoms with Crippen molar-refractivity contribution in [3.05, 3.63) is 76.2 Å². The average molecular weight is 466 g/mol. The lowest BCUT2D eigenvalue weighted by Crippen LogP contribution is -2.41. The Balaban J connectivity index is 1.44. The van der Waals surface area contributed by atoms with E-state index >= 15 is 0 Å². The summed E-state index contributed by atoms with van der Waals surface area (Å²) in [5, 5.41) is 4.83. The Labute approximate surface area is 197 Å². The van der Waals surface area contributed by atoms with E-state index in [1.165, 1.54) is 0 Å². The third-order valence-electron chi connectivity index (χ3n) is 5.05. The molecule has 0 bridgehead atoms. The lowest BCUT2D eigenvalue weighted by Gasteiger charge is -2.19. The Morgan fingerprint density at radius 2 is 1.64 bits per heavy atom. The van der Waals surface area contributed by atoms with E-state index in [1.807, 2.05) is 42.5 Å². The topological polar surface area (TPSA) is 95.6 Å². The predicted octanol–water partition coefficient (Wildman–Crippen LogP) is 3.57. The Bertz CT molecular complexity index is 1070. The summed E-state index contributed by atoms with van der Waals surface area (Å²) in [7, 11) is 0. The molecule has 172 valence electrons. The molecule has 1 aliphatic rings. The van der Waals surface area contributed by atoms with Crippen LogP contribution in [0.25, 0.3) is 6.08 Å². The van der Waals surface area contributed by atoms with Crippen molar-refractivity contribution in [3.63, 3.8) is 0 Å². The molecule has 2 aromatic rings. The molecule has 4 amide bonds. The first-order valence-corrected chi connectivity index (χ1v) is 11.4. The molecule has 0 unspecified atom stereocenters. The SMILES string of the molecule is CC(C)(C)c1ccc(C(=O)NCC(=O)NCCN2C(=O)S/C(=C\c3ccccc3)C2=O)cc1. The van der Waals surface area contributed by atoms with Gasteiger partial charge in [0, 0.05) is 18.7 Å². The van der Waals surface area contributed by atoms with Crippen LogP contribution in [-0.4, -0.2) is 47.5 Å². The van der Waals surface area contributed by atoms with Gasteiger partial charge in [-0.05, 0) is 46.5 Å². The van der Waals surface area contributed by atoms with E-state index in [2.05, 4.69) is 31.4 Å². The zero-order valence-electron chi connectivity index (χ0n) is 18.9. The highest BCUT2D eigenvalue weighted by molar-refractivity contribution is 8.18. The maximum absolute atomic E-state index is 12.5. The van der Waals surface area contributed by atoms with E-state index in [-0.39, 0.29) is 42.1 Å². The molecule has 1 heterocycles. The van der Waals surface area contributed by atoms with Gasteiger partial charge in [-0.15, -0.1) is 0 Å². The van der Waals surface area contributed by atoms with Gasteiger partial charge in [-0.1, -0.05) is 63.2 Å². The smallest absolute Gasteiger partial charge is 0.293 e. The van der Waals surface area contributed by atoms with Crippen LogP contribution in [0.1, 0.15) is 42.3 Å². The molecule has 3 rings (SSSR count). The predicted molar refractivity (Wildman–Crippen MR) is 130 cm³/mol. The number of hydrogen-bond acceptors (Lipinski definition) is 5. The standard InChI is InChI=1S/C25H27N3O4S/c1-25(2,3)19-11-9-18(10-12-19)22(30)27-16-21(29)26-13-14-28-23(31)20(33-24(28)32)15-17-7-5-4-6-8-17/h4-12,15H,13-14,16H2,1-3H3,(H,26,29)(H,27,30)/b20-15-. The number of nitrogens with one attached hydrogen (secondary N) is 2. The molecule has 0 saturated carbocycles. The summed E-state index contributed by atoms with van der Waals surface area (Å²) in [6, 6.07) is 16.5. The second-order valence-electron chi connectivity index (χ2n) is 8.60. The van der Waals surface area contributed by atoms with Crippen molar-refractivity contribution in [1.29, 1.82) is 0 Å². The third-order valence-corrected chi connectivity index (χ3v) is 5.96. The van der Waals surface area contributed by atoms with Crippen molar-refractivity contribution < 1.29 is 19.2 Å². The number of thioether (sulfide) groups is 1. The van der Waals surface area contributed by atoms with E-state index in [1.54, 1.807) is 18.2 Å². The molecule has 1 fully saturated rings. The molecular weight excluding hydrogens is 438 g/mol. The number of nitrogens with zero attached hydrogens (tertiary/aromatic N) is 1. The molecule has 1 aliphatic heterocycles. The van der Waals surface area contributed by atoms with Gasteiger partial charge in [0.15, 0.2) is 0 Å². The minimum Gasteiger partial charge on any atom is -0.353 e. The Kier molecular flexibility index (Phi) is 7.71. The number of benzene rings is 2. The molecule has 2 N–H and O–H groups in total. The molecule has 1 saturated heterocycles. The average Bonchev–Trinajstić information content (AvgIpc) is 3.05. The molecule has 0 radical (unpaired) electrons. The highest BCUT2D eigenvalue weighted by Crippen LogP contribution is 2.31. The Hall–Kier alpha value is -3.39. The van der Waals surface area contributed by atoms with Crippen molar-refractivity contribution in [2.24, 2.45) is 0 Å². The summed E-state index contributed by atoms with van der Waals surface area (Å²) in [4.78, 5) is 50.5. The molecule has 0 atom stereocenters. The quantitative estimate of drug-likeness (QED) is 0.610. The van der Waals surface area contributed by atoms with Crippen LogP contribution in [0, 0.1) is 0 Å². The van der Waals surface area contributed by atoms with E-state index in [0.29, 0.717) is 10.5 Å². The van der Waals surface area contributed by atoms with Gasteiger partial charge in [-0.25, -0.2) is 0 Å². The van der Waals surface area contributed by atoms with E-state index < -0.39 is 5.91 Å². The zero-order chi connectivity index (χ0) is 24.0. The van der Waals surface area contributed by atoms with Gasteiger partial charge in [-0.3, -0.25) is 24.1 Å². The summed E-state index contributed by atoms with van der Waals surface area (Å²) in [6.45, 7) is 6.24. The van der Waals surface area contributed by atoms with Crippen LogP contribution in [0.15, 0.2) is 59.5 Å². The summed E-state index contributed by atoms with van der Waals surface area (Å²) >= 11 is 0.878. The maximum Gasteiger partial charge on any atom is 0.293 e. The van der Waals surface area contributed by atoms with Crippen LogP contribution in [0.2, 0.25) is 0 Å². The van der Waals surface area contributed by atoms with Gasteiger partial charge in [0.25, 0.3) is 17.1 Å². The fraction of sp³-hybridized carbons (Fsp3) is 0.280. The molecular formula is C25H27N3O4S. The van der Waals surface area contributed by atoms with Crippen LogP contribution in [0.4, 0.5) is 4.79 Å². The maximum atomic E-state index is 12.5. The molecule has 0 spiro atoms. The van der Waals surface area contributed by atoms with E-state index in [4.69, 9.17) is 0 Å². The van der Waals surface area contributed by atoms with E-state index in [0.717, 1.165) is 27.8 Å².